The molecule has 0 amide bonds. The van der Waals surface area contributed by atoms with Crippen LogP contribution in [0.15, 0.2) is 17.3 Å². The summed E-state index contributed by atoms with van der Waals surface area (Å²) in [5.74, 6) is 0.0972. The van der Waals surface area contributed by atoms with Gasteiger partial charge >= 0.3 is 0 Å². The van der Waals surface area contributed by atoms with Gasteiger partial charge in [0.2, 0.25) is 5.90 Å². The first kappa shape index (κ1) is 9.17. The number of rotatable bonds is 0. The summed E-state index contributed by atoms with van der Waals surface area (Å²) in [4.78, 5) is 3.84. The van der Waals surface area contributed by atoms with Crippen molar-refractivity contribution in [3.05, 3.63) is 12.3 Å². The average molecular weight is 214 g/mol. The van der Waals surface area contributed by atoms with Gasteiger partial charge in [-0.3, -0.25) is 0 Å². The van der Waals surface area contributed by atoms with Gasteiger partial charge < -0.3 is 4.74 Å². The van der Waals surface area contributed by atoms with E-state index in [9.17, 15) is 0 Å². The maximum atomic E-state index is 5.50. The molecular formula is C6H6Cl3NO. The minimum atomic E-state index is -1.58. The Balaban J connectivity index is 2.80. The first-order valence-electron chi connectivity index (χ1n) is 2.92. The van der Waals surface area contributed by atoms with E-state index >= 15 is 0 Å². The van der Waals surface area contributed by atoms with Crippen molar-refractivity contribution >= 4 is 40.7 Å². The van der Waals surface area contributed by atoms with Crippen molar-refractivity contribution in [1.29, 1.82) is 0 Å². The lowest BCUT2D eigenvalue weighted by Gasteiger charge is -2.11. The predicted octanol–water partition coefficient (Wildman–Crippen LogP) is 2.69. The molecule has 0 radical (unpaired) electrons. The Bertz CT molecular complexity index is 218. The monoisotopic (exact) mass is 213 g/mol. The fraction of sp³-hybridized carbons (Fsp3) is 0.500. The molecular weight excluding hydrogens is 208 g/mol. The van der Waals surface area contributed by atoms with Crippen molar-refractivity contribution in [2.24, 2.45) is 4.99 Å². The number of halogens is 3. The first-order valence-corrected chi connectivity index (χ1v) is 4.06. The zero-order chi connectivity index (χ0) is 8.65. The van der Waals surface area contributed by atoms with Crippen LogP contribution in [0.1, 0.15) is 6.92 Å². The van der Waals surface area contributed by atoms with E-state index in [-0.39, 0.29) is 12.0 Å². The van der Waals surface area contributed by atoms with Crippen molar-refractivity contribution in [3.8, 4) is 0 Å². The van der Waals surface area contributed by atoms with Crippen molar-refractivity contribution in [3.63, 3.8) is 0 Å². The van der Waals surface area contributed by atoms with Crippen LogP contribution < -0.4 is 0 Å². The maximum Gasteiger partial charge on any atom is 0.266 e. The maximum absolute atomic E-state index is 5.50. The first-order chi connectivity index (χ1) is 4.91. The standard InChI is InChI=1S/C6H6Cl3NO/c1-3-4(2)11-5(10-3)6(7,8)9/h4H,1H2,2H3. The molecule has 0 aliphatic carbocycles. The molecule has 1 unspecified atom stereocenters. The largest absolute Gasteiger partial charge is 0.468 e. The Kier molecular flexibility index (Phi) is 2.37. The molecule has 1 aliphatic heterocycles. The minimum Gasteiger partial charge on any atom is -0.468 e. The van der Waals surface area contributed by atoms with Gasteiger partial charge in [0.05, 0.1) is 5.70 Å². The van der Waals surface area contributed by atoms with Crippen LogP contribution in [0, 0.1) is 0 Å². The van der Waals surface area contributed by atoms with Crippen LogP contribution in [-0.4, -0.2) is 15.8 Å². The van der Waals surface area contributed by atoms with Crippen LogP contribution in [0.4, 0.5) is 0 Å². The molecule has 1 aliphatic rings. The molecule has 2 nitrogen and oxygen atoms in total. The Morgan fingerprint density at radius 3 is 2.27 bits per heavy atom. The fourth-order valence-corrected chi connectivity index (χ4v) is 0.874. The van der Waals surface area contributed by atoms with Crippen LogP contribution >= 0.6 is 34.8 Å². The van der Waals surface area contributed by atoms with E-state index in [0.717, 1.165) is 0 Å². The van der Waals surface area contributed by atoms with Gasteiger partial charge in [-0.1, -0.05) is 41.4 Å². The third kappa shape index (κ3) is 2.01. The molecule has 0 fully saturated rings. The Morgan fingerprint density at radius 2 is 2.09 bits per heavy atom. The van der Waals surface area contributed by atoms with E-state index in [1.165, 1.54) is 0 Å². The molecule has 1 rings (SSSR count). The van der Waals surface area contributed by atoms with Crippen molar-refractivity contribution in [2.75, 3.05) is 0 Å². The second-order valence-electron chi connectivity index (χ2n) is 2.17. The van der Waals surface area contributed by atoms with Crippen LogP contribution in [0.5, 0.6) is 0 Å². The number of aliphatic imine (C=N–C) groups is 1. The molecule has 0 saturated carbocycles. The lowest BCUT2D eigenvalue weighted by molar-refractivity contribution is 0.261. The van der Waals surface area contributed by atoms with Crippen LogP contribution in [0.2, 0.25) is 0 Å². The second kappa shape index (κ2) is 2.85. The van der Waals surface area contributed by atoms with Gasteiger partial charge in [-0.15, -0.1) is 0 Å². The molecule has 1 heterocycles. The van der Waals surface area contributed by atoms with Gasteiger partial charge in [0.15, 0.2) is 0 Å². The van der Waals surface area contributed by atoms with Crippen molar-refractivity contribution in [2.45, 2.75) is 16.8 Å². The molecule has 5 heteroatoms. The number of hydrogen-bond donors (Lipinski definition) is 0. The zero-order valence-corrected chi connectivity index (χ0v) is 8.04. The fourth-order valence-electron chi connectivity index (χ4n) is 0.613. The third-order valence-corrected chi connectivity index (χ3v) is 1.73. The van der Waals surface area contributed by atoms with E-state index in [2.05, 4.69) is 11.6 Å². The highest BCUT2D eigenvalue weighted by molar-refractivity contribution is 6.76. The van der Waals surface area contributed by atoms with E-state index in [4.69, 9.17) is 39.5 Å². The van der Waals surface area contributed by atoms with E-state index in [1.807, 2.05) is 0 Å². The second-order valence-corrected chi connectivity index (χ2v) is 4.45. The van der Waals surface area contributed by atoms with Crippen LogP contribution in [0.25, 0.3) is 0 Å². The lowest BCUT2D eigenvalue weighted by Crippen LogP contribution is -2.21. The Labute approximate surface area is 79.8 Å². The average Bonchev–Trinajstić information content (AvgIpc) is 2.11. The molecule has 0 saturated heterocycles. The van der Waals surface area contributed by atoms with Crippen LogP contribution in [0.3, 0.4) is 0 Å². The summed E-state index contributed by atoms with van der Waals surface area (Å²) in [6.45, 7) is 5.40. The quantitative estimate of drug-likeness (QED) is 0.568. The molecule has 0 aromatic heterocycles. The smallest absolute Gasteiger partial charge is 0.266 e. The highest BCUT2D eigenvalue weighted by Crippen LogP contribution is 2.33. The van der Waals surface area contributed by atoms with Crippen molar-refractivity contribution in [1.82, 2.24) is 0 Å². The lowest BCUT2D eigenvalue weighted by atomic mass is 10.3. The summed E-state index contributed by atoms with van der Waals surface area (Å²) in [5, 5.41) is 0. The van der Waals surface area contributed by atoms with Gasteiger partial charge in [0, 0.05) is 0 Å². The number of ether oxygens (including phenoxy) is 1. The van der Waals surface area contributed by atoms with Gasteiger partial charge in [0.1, 0.15) is 6.10 Å². The summed E-state index contributed by atoms with van der Waals surface area (Å²) < 4.78 is 3.52. The van der Waals surface area contributed by atoms with E-state index in [0.29, 0.717) is 5.70 Å². The van der Waals surface area contributed by atoms with Gasteiger partial charge in [-0.05, 0) is 6.92 Å². The highest BCUT2D eigenvalue weighted by atomic mass is 35.6. The molecule has 0 N–H and O–H groups in total. The molecule has 0 bridgehead atoms. The summed E-state index contributed by atoms with van der Waals surface area (Å²) >= 11 is 16.5. The molecule has 11 heavy (non-hydrogen) atoms. The highest BCUT2D eigenvalue weighted by Gasteiger charge is 2.35. The van der Waals surface area contributed by atoms with E-state index < -0.39 is 3.79 Å². The number of hydrogen-bond acceptors (Lipinski definition) is 2. The van der Waals surface area contributed by atoms with Crippen molar-refractivity contribution < 1.29 is 4.74 Å². The third-order valence-electron chi connectivity index (χ3n) is 1.25. The number of alkyl halides is 3. The molecule has 62 valence electrons. The summed E-state index contributed by atoms with van der Waals surface area (Å²) in [6.07, 6.45) is -0.194. The normalized spacial score (nSPS) is 24.9. The zero-order valence-electron chi connectivity index (χ0n) is 5.77. The summed E-state index contributed by atoms with van der Waals surface area (Å²) in [5.41, 5.74) is 0.575. The Morgan fingerprint density at radius 1 is 1.55 bits per heavy atom. The Hall–Kier alpha value is 0.0800. The SMILES string of the molecule is C=C1N=C(C(Cl)(Cl)Cl)OC1C. The van der Waals surface area contributed by atoms with Gasteiger partial charge in [-0.25, -0.2) is 4.99 Å². The summed E-state index contributed by atoms with van der Waals surface area (Å²) in [7, 11) is 0. The molecule has 0 aromatic carbocycles. The van der Waals surface area contributed by atoms with E-state index in [1.54, 1.807) is 6.92 Å². The van der Waals surface area contributed by atoms with Gasteiger partial charge in [-0.2, -0.15) is 0 Å². The number of nitrogens with zero attached hydrogens (tertiary/aromatic N) is 1. The van der Waals surface area contributed by atoms with Crippen LogP contribution in [-0.2, 0) is 4.74 Å². The molecule has 1 atom stereocenters. The molecule has 0 spiro atoms. The summed E-state index contributed by atoms with van der Waals surface area (Å²) in [6, 6.07) is 0. The predicted molar refractivity (Wildman–Crippen MR) is 47.4 cm³/mol. The van der Waals surface area contributed by atoms with Gasteiger partial charge in [0.25, 0.3) is 3.79 Å². The minimum absolute atomic E-state index is 0.0972. The topological polar surface area (TPSA) is 21.6 Å². The molecule has 0 aromatic rings.